The molecule has 112 valence electrons. The van der Waals surface area contributed by atoms with E-state index in [2.05, 4.69) is 31.3 Å². The van der Waals surface area contributed by atoms with Crippen molar-refractivity contribution in [1.82, 2.24) is 0 Å². The first-order valence-electron chi connectivity index (χ1n) is 7.26. The third kappa shape index (κ3) is 4.98. The number of benzene rings is 2. The Morgan fingerprint density at radius 3 is 2.43 bits per heavy atom. The highest BCUT2D eigenvalue weighted by atomic mass is 35.5. The third-order valence-corrected chi connectivity index (χ3v) is 3.58. The molecule has 0 aromatic heterocycles. The van der Waals surface area contributed by atoms with Crippen LogP contribution in [-0.4, -0.2) is 6.61 Å². The second-order valence-corrected chi connectivity index (χ2v) is 6.07. The molecular weight excluding hydrogens is 282 g/mol. The van der Waals surface area contributed by atoms with Gasteiger partial charge < -0.3 is 10.1 Å². The monoisotopic (exact) mass is 303 g/mol. The van der Waals surface area contributed by atoms with Crippen LogP contribution in [0.4, 0.5) is 5.69 Å². The molecule has 0 aliphatic carbocycles. The summed E-state index contributed by atoms with van der Waals surface area (Å²) in [6.45, 7) is 7.81. The minimum Gasteiger partial charge on any atom is -0.493 e. The van der Waals surface area contributed by atoms with Crippen molar-refractivity contribution < 1.29 is 4.74 Å². The number of halogens is 1. The Kier molecular flexibility index (Phi) is 5.51. The summed E-state index contributed by atoms with van der Waals surface area (Å²) >= 11 is 6.12. The molecular formula is C18H22ClNO. The number of nitrogens with one attached hydrogen (secondary N) is 1. The SMILES string of the molecule is Cc1ccc(NCc2ccc(OCC(C)C)cc2)cc1Cl. The zero-order valence-electron chi connectivity index (χ0n) is 12.8. The van der Waals surface area contributed by atoms with Gasteiger partial charge in [-0.25, -0.2) is 0 Å². The molecule has 0 saturated heterocycles. The van der Waals surface area contributed by atoms with Crippen molar-refractivity contribution in [2.24, 2.45) is 5.92 Å². The average Bonchev–Trinajstić information content (AvgIpc) is 2.47. The minimum absolute atomic E-state index is 0.539. The molecule has 0 atom stereocenters. The van der Waals surface area contributed by atoms with Crippen molar-refractivity contribution in [3.8, 4) is 5.75 Å². The highest BCUT2D eigenvalue weighted by Gasteiger charge is 2.00. The van der Waals surface area contributed by atoms with E-state index in [1.165, 1.54) is 5.56 Å². The average molecular weight is 304 g/mol. The van der Waals surface area contributed by atoms with E-state index in [1.54, 1.807) is 0 Å². The second kappa shape index (κ2) is 7.37. The second-order valence-electron chi connectivity index (χ2n) is 5.67. The summed E-state index contributed by atoms with van der Waals surface area (Å²) in [6.07, 6.45) is 0. The lowest BCUT2D eigenvalue weighted by molar-refractivity contribution is 0.271. The first-order valence-corrected chi connectivity index (χ1v) is 7.64. The maximum Gasteiger partial charge on any atom is 0.119 e. The van der Waals surface area contributed by atoms with Gasteiger partial charge in [-0.2, -0.15) is 0 Å². The quantitative estimate of drug-likeness (QED) is 0.782. The fraction of sp³-hybridized carbons (Fsp3) is 0.333. The topological polar surface area (TPSA) is 21.3 Å². The molecule has 2 aromatic rings. The molecule has 0 fully saturated rings. The molecule has 0 heterocycles. The van der Waals surface area contributed by atoms with Gasteiger partial charge in [0.1, 0.15) is 5.75 Å². The molecule has 0 bridgehead atoms. The lowest BCUT2D eigenvalue weighted by Crippen LogP contribution is -2.04. The van der Waals surface area contributed by atoms with Crippen molar-refractivity contribution in [1.29, 1.82) is 0 Å². The van der Waals surface area contributed by atoms with Gasteiger partial charge in [0.15, 0.2) is 0 Å². The van der Waals surface area contributed by atoms with Crippen molar-refractivity contribution in [2.75, 3.05) is 11.9 Å². The number of hydrogen-bond donors (Lipinski definition) is 1. The summed E-state index contributed by atoms with van der Waals surface area (Å²) in [5.74, 6) is 1.46. The van der Waals surface area contributed by atoms with Crippen molar-refractivity contribution in [2.45, 2.75) is 27.3 Å². The number of anilines is 1. The smallest absolute Gasteiger partial charge is 0.119 e. The molecule has 0 radical (unpaired) electrons. The van der Waals surface area contributed by atoms with Crippen LogP contribution in [-0.2, 0) is 6.54 Å². The minimum atomic E-state index is 0.539. The Hall–Kier alpha value is -1.67. The van der Waals surface area contributed by atoms with E-state index < -0.39 is 0 Å². The number of hydrogen-bond acceptors (Lipinski definition) is 2. The maximum atomic E-state index is 6.12. The Labute approximate surface area is 132 Å². The first-order chi connectivity index (χ1) is 10.0. The van der Waals surface area contributed by atoms with Crippen LogP contribution < -0.4 is 10.1 Å². The van der Waals surface area contributed by atoms with Crippen molar-refractivity contribution in [3.63, 3.8) is 0 Å². The third-order valence-electron chi connectivity index (χ3n) is 3.18. The normalized spacial score (nSPS) is 10.7. The zero-order valence-corrected chi connectivity index (χ0v) is 13.6. The fourth-order valence-corrected chi connectivity index (χ4v) is 2.05. The van der Waals surface area contributed by atoms with Crippen LogP contribution in [0.2, 0.25) is 5.02 Å². The first kappa shape index (κ1) is 15.7. The van der Waals surface area contributed by atoms with Crippen molar-refractivity contribution in [3.05, 3.63) is 58.6 Å². The summed E-state index contributed by atoms with van der Waals surface area (Å²) in [5.41, 5.74) is 3.34. The summed E-state index contributed by atoms with van der Waals surface area (Å²) in [4.78, 5) is 0. The van der Waals surface area contributed by atoms with Gasteiger partial charge in [-0.3, -0.25) is 0 Å². The molecule has 0 aliphatic heterocycles. The summed E-state index contributed by atoms with van der Waals surface area (Å²) < 4.78 is 5.68. The van der Waals surface area contributed by atoms with Crippen LogP contribution >= 0.6 is 11.6 Å². The highest BCUT2D eigenvalue weighted by molar-refractivity contribution is 6.31. The van der Waals surface area contributed by atoms with E-state index in [1.807, 2.05) is 37.3 Å². The molecule has 0 saturated carbocycles. The highest BCUT2D eigenvalue weighted by Crippen LogP contribution is 2.21. The molecule has 2 rings (SSSR count). The van der Waals surface area contributed by atoms with E-state index in [4.69, 9.17) is 16.3 Å². The van der Waals surface area contributed by atoms with Crippen LogP contribution in [0.15, 0.2) is 42.5 Å². The molecule has 3 heteroatoms. The number of ether oxygens (including phenoxy) is 1. The summed E-state index contributed by atoms with van der Waals surface area (Å²) in [6, 6.07) is 14.2. The Balaban J connectivity index is 1.89. The van der Waals surface area contributed by atoms with Gasteiger partial charge >= 0.3 is 0 Å². The van der Waals surface area contributed by atoms with Gasteiger partial charge in [-0.15, -0.1) is 0 Å². The van der Waals surface area contributed by atoms with E-state index in [-0.39, 0.29) is 0 Å². The number of aryl methyl sites for hydroxylation is 1. The van der Waals surface area contributed by atoms with E-state index in [0.29, 0.717) is 5.92 Å². The van der Waals surface area contributed by atoms with Crippen molar-refractivity contribution >= 4 is 17.3 Å². The Bertz CT molecular complexity index is 578. The summed E-state index contributed by atoms with van der Waals surface area (Å²) in [5, 5.41) is 4.16. The van der Waals surface area contributed by atoms with Crippen LogP contribution in [0, 0.1) is 12.8 Å². The molecule has 0 spiro atoms. The molecule has 2 nitrogen and oxygen atoms in total. The lowest BCUT2D eigenvalue weighted by atomic mass is 10.2. The predicted octanol–water partition coefficient (Wildman–Crippen LogP) is 5.30. The summed E-state index contributed by atoms with van der Waals surface area (Å²) in [7, 11) is 0. The predicted molar refractivity (Wildman–Crippen MR) is 90.3 cm³/mol. The fourth-order valence-electron chi connectivity index (χ4n) is 1.87. The maximum absolute atomic E-state index is 6.12. The molecule has 0 unspecified atom stereocenters. The van der Waals surface area contributed by atoms with Gasteiger partial charge in [-0.1, -0.05) is 43.6 Å². The van der Waals surface area contributed by atoms with Gasteiger partial charge in [-0.05, 0) is 48.2 Å². The van der Waals surface area contributed by atoms with Gasteiger partial charge in [0.25, 0.3) is 0 Å². The van der Waals surface area contributed by atoms with Gasteiger partial charge in [0, 0.05) is 17.3 Å². The molecule has 0 amide bonds. The molecule has 0 aliphatic rings. The Morgan fingerprint density at radius 2 is 1.81 bits per heavy atom. The van der Waals surface area contributed by atoms with Crippen LogP contribution in [0.1, 0.15) is 25.0 Å². The van der Waals surface area contributed by atoms with Gasteiger partial charge in [0.05, 0.1) is 6.61 Å². The van der Waals surface area contributed by atoms with Crippen LogP contribution in [0.25, 0.3) is 0 Å². The number of rotatable bonds is 6. The lowest BCUT2D eigenvalue weighted by Gasteiger charge is -2.10. The molecule has 1 N–H and O–H groups in total. The van der Waals surface area contributed by atoms with E-state index >= 15 is 0 Å². The Morgan fingerprint density at radius 1 is 1.10 bits per heavy atom. The largest absolute Gasteiger partial charge is 0.493 e. The van der Waals surface area contributed by atoms with E-state index in [0.717, 1.165) is 35.2 Å². The standard InChI is InChI=1S/C18H22ClNO/c1-13(2)12-21-17-8-5-15(6-9-17)11-20-16-7-4-14(3)18(19)10-16/h4-10,13,20H,11-12H2,1-3H3. The van der Waals surface area contributed by atoms with Crippen LogP contribution in [0.3, 0.4) is 0 Å². The van der Waals surface area contributed by atoms with Gasteiger partial charge in [0.2, 0.25) is 0 Å². The van der Waals surface area contributed by atoms with Crippen LogP contribution in [0.5, 0.6) is 5.75 Å². The zero-order chi connectivity index (χ0) is 15.2. The molecule has 21 heavy (non-hydrogen) atoms. The molecule has 2 aromatic carbocycles. The van der Waals surface area contributed by atoms with E-state index in [9.17, 15) is 0 Å².